The maximum absolute atomic E-state index is 6.50. The second-order valence-corrected chi connectivity index (χ2v) is 8.82. The summed E-state index contributed by atoms with van der Waals surface area (Å²) in [7, 11) is 0. The number of aromatic nitrogens is 1. The maximum atomic E-state index is 6.50. The van der Waals surface area contributed by atoms with Crippen molar-refractivity contribution in [3.05, 3.63) is 78.4 Å². The summed E-state index contributed by atoms with van der Waals surface area (Å²) >= 11 is 0. The van der Waals surface area contributed by atoms with Crippen molar-refractivity contribution >= 4 is 17.1 Å². The summed E-state index contributed by atoms with van der Waals surface area (Å²) in [5.74, 6) is 1.48. The highest BCUT2D eigenvalue weighted by Gasteiger charge is 2.35. The van der Waals surface area contributed by atoms with Gasteiger partial charge in [-0.05, 0) is 62.1 Å². The predicted molar refractivity (Wildman–Crippen MR) is 127 cm³/mol. The van der Waals surface area contributed by atoms with Gasteiger partial charge in [0.05, 0.1) is 12.2 Å². The van der Waals surface area contributed by atoms with Crippen LogP contribution in [-0.2, 0) is 0 Å². The first-order valence-electron chi connectivity index (χ1n) is 11.2. The smallest absolute Gasteiger partial charge is 0.145 e. The number of hydrogen-bond donors (Lipinski definition) is 2. The number of anilines is 3. The number of pyridine rings is 1. The van der Waals surface area contributed by atoms with Gasteiger partial charge < -0.3 is 20.3 Å². The Morgan fingerprint density at radius 1 is 1.23 bits per heavy atom. The van der Waals surface area contributed by atoms with Crippen LogP contribution in [0, 0.1) is 5.92 Å². The van der Waals surface area contributed by atoms with E-state index in [0.29, 0.717) is 5.92 Å². The maximum Gasteiger partial charge on any atom is 0.145 e. The molecule has 2 N–H and O–H groups in total. The van der Waals surface area contributed by atoms with Gasteiger partial charge in [-0.3, -0.25) is 4.98 Å². The van der Waals surface area contributed by atoms with Crippen LogP contribution in [0.1, 0.15) is 33.1 Å². The van der Waals surface area contributed by atoms with E-state index >= 15 is 0 Å². The van der Waals surface area contributed by atoms with Crippen LogP contribution in [0.2, 0.25) is 0 Å². The number of rotatable bonds is 6. The van der Waals surface area contributed by atoms with Gasteiger partial charge in [0.15, 0.2) is 0 Å². The molecule has 0 saturated carbocycles. The van der Waals surface area contributed by atoms with Crippen LogP contribution in [0.4, 0.5) is 17.1 Å². The Morgan fingerprint density at radius 2 is 2.10 bits per heavy atom. The van der Waals surface area contributed by atoms with Crippen LogP contribution in [0.15, 0.2) is 78.4 Å². The monoisotopic (exact) mass is 414 g/mol. The van der Waals surface area contributed by atoms with Gasteiger partial charge >= 0.3 is 0 Å². The largest absolute Gasteiger partial charge is 0.483 e. The van der Waals surface area contributed by atoms with Crippen molar-refractivity contribution < 1.29 is 4.74 Å². The zero-order chi connectivity index (χ0) is 21.3. The van der Waals surface area contributed by atoms with Gasteiger partial charge in [-0.2, -0.15) is 0 Å². The molecule has 0 fully saturated rings. The normalized spacial score (nSPS) is 23.8. The highest BCUT2D eigenvalue weighted by molar-refractivity contribution is 5.70. The lowest BCUT2D eigenvalue weighted by molar-refractivity contribution is 0.0810. The molecule has 0 spiro atoms. The predicted octanol–water partition coefficient (Wildman–Crippen LogP) is 5.53. The van der Waals surface area contributed by atoms with Gasteiger partial charge in [0, 0.05) is 54.2 Å². The van der Waals surface area contributed by atoms with Gasteiger partial charge in [0.25, 0.3) is 0 Å². The molecule has 1 aromatic carbocycles. The first-order chi connectivity index (χ1) is 15.1. The number of hydrogen-bond acceptors (Lipinski definition) is 5. The van der Waals surface area contributed by atoms with E-state index in [1.165, 1.54) is 17.0 Å². The zero-order valence-corrected chi connectivity index (χ0v) is 18.3. The van der Waals surface area contributed by atoms with Crippen molar-refractivity contribution in [1.82, 2.24) is 10.3 Å². The van der Waals surface area contributed by atoms with E-state index in [1.807, 2.05) is 12.1 Å². The number of benzene rings is 1. The molecule has 160 valence electrons. The lowest BCUT2D eigenvalue weighted by Gasteiger charge is -2.43. The molecular formula is C26H30N4O. The minimum Gasteiger partial charge on any atom is -0.483 e. The number of nitrogens with zero attached hydrogens (tertiary/aromatic N) is 2. The molecule has 0 saturated heterocycles. The van der Waals surface area contributed by atoms with Crippen LogP contribution in [0.25, 0.3) is 0 Å². The van der Waals surface area contributed by atoms with Crippen LogP contribution in [0.3, 0.4) is 0 Å². The summed E-state index contributed by atoms with van der Waals surface area (Å²) in [6.45, 7) is 6.32. The van der Waals surface area contributed by atoms with Gasteiger partial charge in [-0.25, -0.2) is 0 Å². The van der Waals surface area contributed by atoms with E-state index < -0.39 is 0 Å². The Balaban J connectivity index is 1.35. The molecule has 3 aliphatic rings. The summed E-state index contributed by atoms with van der Waals surface area (Å²) in [5, 5.41) is 6.92. The van der Waals surface area contributed by atoms with E-state index in [0.717, 1.165) is 49.5 Å². The van der Waals surface area contributed by atoms with Crippen molar-refractivity contribution in [1.29, 1.82) is 0 Å². The molecule has 0 amide bonds. The van der Waals surface area contributed by atoms with Crippen LogP contribution in [-0.4, -0.2) is 23.7 Å². The lowest BCUT2D eigenvalue weighted by Crippen LogP contribution is -2.49. The third kappa shape index (κ3) is 4.05. The molecule has 2 aliphatic heterocycles. The summed E-state index contributed by atoms with van der Waals surface area (Å²) in [5.41, 5.74) is 5.87. The Kier molecular flexibility index (Phi) is 5.18. The fourth-order valence-electron chi connectivity index (χ4n) is 4.62. The van der Waals surface area contributed by atoms with Crippen molar-refractivity contribution in [3.63, 3.8) is 0 Å². The Labute approximate surface area is 184 Å². The summed E-state index contributed by atoms with van der Waals surface area (Å²) in [4.78, 5) is 6.59. The lowest BCUT2D eigenvalue weighted by atomic mass is 9.90. The fourth-order valence-corrected chi connectivity index (χ4v) is 4.62. The van der Waals surface area contributed by atoms with Gasteiger partial charge in [-0.1, -0.05) is 19.1 Å². The third-order valence-corrected chi connectivity index (χ3v) is 6.60. The standard InChI is InChI=1S/C26H30N4O/c1-3-26(2)18-30(15-12-19-17-28-23-7-5-4-6-22(19)23)24-9-8-21(16-25(24)31-26)29-20-10-13-27-14-11-20/h4-5,7-11,13-14,16-17,22,28H,3,6,12,15,18H2,1-2H3,(H,27,29). The molecule has 2 aromatic rings. The molecule has 2 atom stereocenters. The highest BCUT2D eigenvalue weighted by Crippen LogP contribution is 2.41. The number of fused-ring (bicyclic) bond motifs is 2. The van der Waals surface area contributed by atoms with Crippen molar-refractivity contribution in [2.24, 2.45) is 5.92 Å². The van der Waals surface area contributed by atoms with E-state index in [-0.39, 0.29) is 5.60 Å². The van der Waals surface area contributed by atoms with Crippen molar-refractivity contribution in [3.8, 4) is 5.75 Å². The van der Waals surface area contributed by atoms with E-state index in [2.05, 4.69) is 77.0 Å². The average molecular weight is 415 g/mol. The quantitative estimate of drug-likeness (QED) is 0.651. The minimum absolute atomic E-state index is 0.191. The van der Waals surface area contributed by atoms with Crippen molar-refractivity contribution in [2.75, 3.05) is 23.3 Å². The molecule has 5 rings (SSSR count). The number of allylic oxidation sites excluding steroid dienone is 4. The second kappa shape index (κ2) is 8.14. The van der Waals surface area contributed by atoms with E-state index in [4.69, 9.17) is 4.74 Å². The molecule has 1 aromatic heterocycles. The molecule has 0 bridgehead atoms. The number of nitrogens with one attached hydrogen (secondary N) is 2. The first kappa shape index (κ1) is 19.7. The molecule has 1 aliphatic carbocycles. The Bertz CT molecular complexity index is 1040. The fraction of sp³-hybridized carbons (Fsp3) is 0.346. The summed E-state index contributed by atoms with van der Waals surface area (Å²) in [6, 6.07) is 10.4. The van der Waals surface area contributed by atoms with Crippen LogP contribution < -0.4 is 20.3 Å². The van der Waals surface area contributed by atoms with Gasteiger partial charge in [0.1, 0.15) is 11.4 Å². The first-order valence-corrected chi connectivity index (χ1v) is 11.2. The third-order valence-electron chi connectivity index (χ3n) is 6.60. The molecule has 2 unspecified atom stereocenters. The molecule has 0 radical (unpaired) electrons. The average Bonchev–Trinajstić information content (AvgIpc) is 3.21. The van der Waals surface area contributed by atoms with Crippen LogP contribution in [0.5, 0.6) is 5.75 Å². The SMILES string of the molecule is CCC1(C)CN(CCC2=CNC3=CC=CCC23)c2ccc(Nc3ccncc3)cc2O1. The molecule has 31 heavy (non-hydrogen) atoms. The Hall–Kier alpha value is -3.21. The topological polar surface area (TPSA) is 49.4 Å². The Morgan fingerprint density at radius 3 is 2.94 bits per heavy atom. The minimum atomic E-state index is -0.191. The van der Waals surface area contributed by atoms with Gasteiger partial charge in [-0.15, -0.1) is 0 Å². The summed E-state index contributed by atoms with van der Waals surface area (Å²) in [6.07, 6.45) is 15.5. The molecular weight excluding hydrogens is 384 g/mol. The second-order valence-electron chi connectivity index (χ2n) is 8.82. The highest BCUT2D eigenvalue weighted by atomic mass is 16.5. The van der Waals surface area contributed by atoms with Crippen LogP contribution >= 0.6 is 0 Å². The molecule has 5 heteroatoms. The zero-order valence-electron chi connectivity index (χ0n) is 18.3. The van der Waals surface area contributed by atoms with Crippen molar-refractivity contribution in [2.45, 2.75) is 38.7 Å². The molecule has 3 heterocycles. The van der Waals surface area contributed by atoms with E-state index in [1.54, 1.807) is 12.4 Å². The molecule has 5 nitrogen and oxygen atoms in total. The van der Waals surface area contributed by atoms with E-state index in [9.17, 15) is 0 Å². The van der Waals surface area contributed by atoms with Gasteiger partial charge in [0.2, 0.25) is 0 Å². The number of ether oxygens (including phenoxy) is 1. The summed E-state index contributed by atoms with van der Waals surface area (Å²) < 4.78 is 6.50.